The third-order valence-electron chi connectivity index (χ3n) is 14.2. The SMILES string of the molecule is COC(=O)Cc1c[nH]c2ccc(O)cc12.COC(=O)Cc1c[nH]c2ccc(OCc3cc(CO)cc(CO)c3)cc12.O=C(O)Cc1c[nH]c2ccc(O)cc12.O=C(O)Cc1c[nH]c2ccc(OCc3cc(CO)cc(CO)c3)cc12.OCc1cc(CO)cc(CBr)c1. The monoisotopic (exact) mass is 1320 g/mol. The van der Waals surface area contributed by atoms with Gasteiger partial charge >= 0.3 is 23.9 Å². The Morgan fingerprint density at radius 3 is 0.924 bits per heavy atom. The number of carbonyl (C=O) groups is 4. The first kappa shape index (κ1) is 69.5. The van der Waals surface area contributed by atoms with Crippen molar-refractivity contribution in [3.8, 4) is 23.0 Å². The van der Waals surface area contributed by atoms with Gasteiger partial charge in [-0.2, -0.15) is 0 Å². The molecule has 4 aromatic heterocycles. The summed E-state index contributed by atoms with van der Waals surface area (Å²) in [5.41, 5.74) is 13.9. The standard InChI is InChI=1S/C20H21NO5.C19H19NO5.C11H11NO3.C10H9NO3.C9H11BrO2/c1-25-20(24)7-16-9-21-19-3-2-17(8-18(16)19)26-12-15-5-13(10-22)4-14(6-15)11-23;21-9-12-3-13(10-22)5-14(4-12)11-25-16-1-2-18-17(7-16)15(8-20-18)6-19(23)24;1-15-11(14)4-7-6-12-10-3-2-8(13)5-9(7)10;12-7-1-2-9-8(4-7)6(5-11-9)3-10(13)14;10-4-7-1-8(5-11)3-9(2-7)6-12/h2-6,8-9,21-23H,7,10-12H2,1H3;1-5,7-8,20-22H,6,9-11H2,(H,23,24);2-3,5-6,12-13H,4H2,1H3;1-2,4-5,11-12H,3H2,(H,13,14);1-3,11-12H,4-6H2. The van der Waals surface area contributed by atoms with Gasteiger partial charge in [0, 0.05) is 73.7 Å². The van der Waals surface area contributed by atoms with Crippen molar-refractivity contribution < 1.29 is 89.2 Å². The number of aliphatic hydroxyl groups excluding tert-OH is 6. The van der Waals surface area contributed by atoms with Crippen molar-refractivity contribution in [2.24, 2.45) is 0 Å². The summed E-state index contributed by atoms with van der Waals surface area (Å²) in [5.74, 6) is -0.730. The molecule has 14 N–H and O–H groups in total. The number of carboxylic acid groups (broad SMARTS) is 2. The van der Waals surface area contributed by atoms with Crippen molar-refractivity contribution in [3.63, 3.8) is 0 Å². The van der Waals surface area contributed by atoms with Crippen LogP contribution in [-0.2, 0) is 113 Å². The fourth-order valence-electron chi connectivity index (χ4n) is 9.84. The molecule has 4 heterocycles. The number of methoxy groups -OCH3 is 2. The average molecular weight is 1320 g/mol. The summed E-state index contributed by atoms with van der Waals surface area (Å²) in [5, 5.41) is 95.3. The maximum Gasteiger partial charge on any atom is 0.310 e. The van der Waals surface area contributed by atoms with Gasteiger partial charge in [0.2, 0.25) is 0 Å². The summed E-state index contributed by atoms with van der Waals surface area (Å²) < 4.78 is 21.0. The van der Waals surface area contributed by atoms with Gasteiger partial charge in [-0.1, -0.05) is 70.5 Å². The predicted octanol–water partition coefficient (Wildman–Crippen LogP) is 9.46. The van der Waals surface area contributed by atoms with E-state index < -0.39 is 11.9 Å². The van der Waals surface area contributed by atoms with Gasteiger partial charge < -0.3 is 89.9 Å². The van der Waals surface area contributed by atoms with E-state index in [2.05, 4.69) is 40.6 Å². The first-order valence-electron chi connectivity index (χ1n) is 28.6. The highest BCUT2D eigenvalue weighted by Gasteiger charge is 2.14. The van der Waals surface area contributed by atoms with Crippen LogP contribution in [0.25, 0.3) is 43.6 Å². The number of aromatic amines is 4. The molecule has 0 fully saturated rings. The van der Waals surface area contributed by atoms with Crippen LogP contribution in [0.4, 0.5) is 0 Å². The molecule has 11 rings (SSSR count). The number of aromatic nitrogens is 4. The fraction of sp³-hybridized carbons (Fsp3) is 0.217. The van der Waals surface area contributed by atoms with E-state index in [0.29, 0.717) is 29.2 Å². The van der Waals surface area contributed by atoms with Crippen LogP contribution in [0.1, 0.15) is 72.3 Å². The second-order valence-electron chi connectivity index (χ2n) is 20.9. The first-order chi connectivity index (χ1) is 44.4. The van der Waals surface area contributed by atoms with E-state index in [1.54, 1.807) is 79.4 Å². The molecule has 0 atom stereocenters. The number of aliphatic hydroxyl groups is 6. The largest absolute Gasteiger partial charge is 0.508 e. The molecule has 0 aliphatic carbocycles. The third kappa shape index (κ3) is 20.0. The number of fused-ring (bicyclic) bond motifs is 4. The molecule has 0 spiro atoms. The fourth-order valence-corrected chi connectivity index (χ4v) is 10.2. The number of ether oxygens (including phenoxy) is 4. The molecule has 0 bridgehead atoms. The Hall–Kier alpha value is -9.98. The highest BCUT2D eigenvalue weighted by Crippen LogP contribution is 2.29. The lowest BCUT2D eigenvalue weighted by Gasteiger charge is -2.10. The van der Waals surface area contributed by atoms with Crippen LogP contribution in [0, 0.1) is 0 Å². The first-order valence-corrected chi connectivity index (χ1v) is 29.7. The minimum Gasteiger partial charge on any atom is -0.508 e. The molecule has 0 saturated heterocycles. The number of esters is 2. The quantitative estimate of drug-likeness (QED) is 0.0235. The number of phenolic OH excluding ortho intramolecular Hbond substituents is 2. The summed E-state index contributed by atoms with van der Waals surface area (Å²) in [6.45, 7) is 0.249. The molecule has 0 aliphatic heterocycles. The molecule has 23 heteroatoms. The molecule has 0 unspecified atom stereocenters. The Labute approximate surface area is 535 Å². The van der Waals surface area contributed by atoms with Gasteiger partial charge in [0.15, 0.2) is 0 Å². The number of benzene rings is 7. The van der Waals surface area contributed by atoms with Crippen LogP contribution < -0.4 is 9.47 Å². The minimum absolute atomic E-state index is 0.0217. The zero-order valence-corrected chi connectivity index (χ0v) is 51.8. The van der Waals surface area contributed by atoms with Gasteiger partial charge in [-0.05, 0) is 145 Å². The summed E-state index contributed by atoms with van der Waals surface area (Å²) in [6, 6.07) is 37.4. The molecule has 0 amide bonds. The molecule has 92 heavy (non-hydrogen) atoms. The number of hydrogen-bond acceptors (Lipinski definition) is 16. The zero-order chi connectivity index (χ0) is 66.3. The summed E-state index contributed by atoms with van der Waals surface area (Å²) in [6.07, 6.45) is 7.20. The van der Waals surface area contributed by atoms with E-state index in [4.69, 9.17) is 34.6 Å². The summed E-state index contributed by atoms with van der Waals surface area (Å²) in [4.78, 5) is 56.3. The lowest BCUT2D eigenvalue weighted by atomic mass is 10.1. The average Bonchev–Trinajstić information content (AvgIpc) is 1.93. The lowest BCUT2D eigenvalue weighted by molar-refractivity contribution is -0.140. The number of aromatic hydroxyl groups is 2. The lowest BCUT2D eigenvalue weighted by Crippen LogP contribution is -2.03. The van der Waals surface area contributed by atoms with Crippen LogP contribution in [0.5, 0.6) is 23.0 Å². The maximum atomic E-state index is 11.5. The molecule has 0 saturated carbocycles. The molecule has 0 radical (unpaired) electrons. The molecule has 22 nitrogen and oxygen atoms in total. The van der Waals surface area contributed by atoms with Crippen LogP contribution >= 0.6 is 15.9 Å². The molecule has 0 aliphatic rings. The van der Waals surface area contributed by atoms with Crippen molar-refractivity contribution in [2.75, 3.05) is 14.2 Å². The third-order valence-corrected chi connectivity index (χ3v) is 14.8. The van der Waals surface area contributed by atoms with Crippen molar-refractivity contribution in [3.05, 3.63) is 225 Å². The highest BCUT2D eigenvalue weighted by molar-refractivity contribution is 9.08. The smallest absolute Gasteiger partial charge is 0.310 e. The van der Waals surface area contributed by atoms with Crippen molar-refractivity contribution >= 4 is 83.4 Å². The normalized spacial score (nSPS) is 10.7. The second-order valence-corrected chi connectivity index (χ2v) is 21.5. The Morgan fingerprint density at radius 1 is 0.370 bits per heavy atom. The molecule has 482 valence electrons. The Morgan fingerprint density at radius 2 is 0.641 bits per heavy atom. The van der Waals surface area contributed by atoms with Gasteiger partial charge in [0.1, 0.15) is 36.2 Å². The Balaban J connectivity index is 0.000000169. The van der Waals surface area contributed by atoms with E-state index >= 15 is 0 Å². The number of phenols is 2. The van der Waals surface area contributed by atoms with Gasteiger partial charge in [-0.25, -0.2) is 0 Å². The van der Waals surface area contributed by atoms with Crippen molar-refractivity contribution in [2.45, 2.75) is 83.9 Å². The van der Waals surface area contributed by atoms with E-state index in [1.807, 2.05) is 72.8 Å². The number of carboxylic acids is 2. The predicted molar refractivity (Wildman–Crippen MR) is 347 cm³/mol. The van der Waals surface area contributed by atoms with Crippen LogP contribution in [0.15, 0.2) is 152 Å². The number of aliphatic carboxylic acids is 2. The second kappa shape index (κ2) is 34.3. The number of alkyl halides is 1. The van der Waals surface area contributed by atoms with E-state index in [9.17, 15) is 49.8 Å². The number of H-pyrrole nitrogens is 4. The van der Waals surface area contributed by atoms with E-state index in [0.717, 1.165) is 110 Å². The van der Waals surface area contributed by atoms with Crippen LogP contribution in [0.3, 0.4) is 0 Å². The number of halogens is 1. The molecule has 7 aromatic carbocycles. The minimum atomic E-state index is -0.885. The zero-order valence-electron chi connectivity index (χ0n) is 50.2. The number of hydrogen-bond donors (Lipinski definition) is 14. The number of rotatable bonds is 21. The van der Waals surface area contributed by atoms with E-state index in [-0.39, 0.29) is 95.4 Å². The topological polar surface area (TPSA) is 371 Å². The molecular weight excluding hydrogens is 1250 g/mol. The highest BCUT2D eigenvalue weighted by atomic mass is 79.9. The van der Waals surface area contributed by atoms with Gasteiger partial charge in [-0.15, -0.1) is 0 Å². The van der Waals surface area contributed by atoms with Gasteiger partial charge in [0.05, 0.1) is 79.5 Å². The van der Waals surface area contributed by atoms with Crippen molar-refractivity contribution in [1.82, 2.24) is 19.9 Å². The number of carbonyl (C=O) groups excluding carboxylic acids is 2. The van der Waals surface area contributed by atoms with Crippen molar-refractivity contribution in [1.29, 1.82) is 0 Å². The molecule has 11 aromatic rings. The van der Waals surface area contributed by atoms with Crippen LogP contribution in [-0.4, -0.2) is 109 Å². The maximum absolute atomic E-state index is 11.5. The Bertz CT molecular complexity index is 4180. The van der Waals surface area contributed by atoms with Gasteiger partial charge in [0.25, 0.3) is 0 Å². The number of nitrogens with one attached hydrogen (secondary N) is 4. The van der Waals surface area contributed by atoms with Gasteiger partial charge in [-0.3, -0.25) is 19.2 Å². The molecular formula is C69H71BrN4O18. The summed E-state index contributed by atoms with van der Waals surface area (Å²) in [7, 11) is 2.72. The van der Waals surface area contributed by atoms with Crippen LogP contribution in [0.2, 0.25) is 0 Å². The Kier molecular flexibility index (Phi) is 25.9. The van der Waals surface area contributed by atoms with E-state index in [1.165, 1.54) is 14.2 Å². The summed E-state index contributed by atoms with van der Waals surface area (Å²) >= 11 is 3.32.